The van der Waals surface area contributed by atoms with Crippen LogP contribution in [0.25, 0.3) is 10.1 Å². The minimum Gasteiger partial charge on any atom is -0.497 e. The zero-order valence-corrected chi connectivity index (χ0v) is 13.6. The quantitative estimate of drug-likeness (QED) is 0.621. The maximum Gasteiger partial charge on any atom is 0.331 e. The zero-order chi connectivity index (χ0) is 15.0. The number of fused-ring (bicyclic) bond motifs is 3. The maximum atomic E-state index is 11.0. The second-order valence-electron chi connectivity index (χ2n) is 4.89. The Labute approximate surface area is 131 Å². The molecule has 0 aliphatic carbocycles. The number of ether oxygens (including phenoxy) is 1. The molecule has 0 N–H and O–H groups in total. The smallest absolute Gasteiger partial charge is 0.331 e. The van der Waals surface area contributed by atoms with Crippen LogP contribution in [-0.4, -0.2) is 24.5 Å². The summed E-state index contributed by atoms with van der Waals surface area (Å²) in [5.74, 6) is 1.64. The minimum atomic E-state index is -0.391. The standard InChI is InChI=1S/C15H15NO3S2/c1-8-7-20-14-11-6-10(18-3)4-5-12(11)21-15(14)13(8)16-19-9(2)17/h4-6,8H,7H2,1-3H3/b16-13+. The molecule has 1 aliphatic rings. The summed E-state index contributed by atoms with van der Waals surface area (Å²) in [6, 6.07) is 6.07. The van der Waals surface area contributed by atoms with Gasteiger partial charge in [-0.05, 0) is 18.2 Å². The van der Waals surface area contributed by atoms with Crippen molar-refractivity contribution in [3.05, 3.63) is 23.1 Å². The number of methoxy groups -OCH3 is 1. The molecule has 2 aromatic rings. The predicted molar refractivity (Wildman–Crippen MR) is 86.6 cm³/mol. The molecule has 1 atom stereocenters. The van der Waals surface area contributed by atoms with Gasteiger partial charge in [0.25, 0.3) is 0 Å². The Balaban J connectivity index is 2.13. The van der Waals surface area contributed by atoms with Crippen LogP contribution in [0.4, 0.5) is 0 Å². The van der Waals surface area contributed by atoms with Gasteiger partial charge in [0.1, 0.15) is 11.5 Å². The van der Waals surface area contributed by atoms with Crippen LogP contribution in [-0.2, 0) is 9.63 Å². The van der Waals surface area contributed by atoms with Crippen molar-refractivity contribution in [1.82, 2.24) is 0 Å². The highest BCUT2D eigenvalue weighted by Crippen LogP contribution is 2.44. The van der Waals surface area contributed by atoms with E-state index in [1.54, 1.807) is 18.4 Å². The number of rotatable bonds is 2. The van der Waals surface area contributed by atoms with Gasteiger partial charge < -0.3 is 9.57 Å². The molecule has 21 heavy (non-hydrogen) atoms. The second-order valence-corrected chi connectivity index (χ2v) is 6.98. The van der Waals surface area contributed by atoms with E-state index in [9.17, 15) is 4.79 Å². The van der Waals surface area contributed by atoms with Gasteiger partial charge in [-0.3, -0.25) is 0 Å². The summed E-state index contributed by atoms with van der Waals surface area (Å²) in [7, 11) is 1.67. The molecule has 0 saturated carbocycles. The van der Waals surface area contributed by atoms with Gasteiger partial charge >= 0.3 is 5.97 Å². The van der Waals surface area contributed by atoms with Crippen LogP contribution in [0, 0.1) is 5.92 Å². The van der Waals surface area contributed by atoms with E-state index in [0.29, 0.717) is 0 Å². The zero-order valence-electron chi connectivity index (χ0n) is 12.0. The fraction of sp³-hybridized carbons (Fsp3) is 0.333. The number of carbonyl (C=O) groups excluding carboxylic acids is 1. The summed E-state index contributed by atoms with van der Waals surface area (Å²) in [5.41, 5.74) is 0.860. The van der Waals surface area contributed by atoms with Gasteiger partial charge in [-0.15, -0.1) is 23.1 Å². The third-order valence-corrected chi connectivity index (χ3v) is 6.00. The molecule has 0 saturated heterocycles. The average molecular weight is 321 g/mol. The topological polar surface area (TPSA) is 47.9 Å². The van der Waals surface area contributed by atoms with Crippen molar-refractivity contribution in [2.24, 2.45) is 11.1 Å². The lowest BCUT2D eigenvalue weighted by atomic mass is 10.1. The van der Waals surface area contributed by atoms with Crippen molar-refractivity contribution < 1.29 is 14.4 Å². The van der Waals surface area contributed by atoms with Crippen molar-refractivity contribution in [3.8, 4) is 5.75 Å². The Morgan fingerprint density at radius 3 is 2.95 bits per heavy atom. The molecule has 110 valence electrons. The Kier molecular flexibility index (Phi) is 3.91. The predicted octanol–water partition coefficient (Wildman–Crippen LogP) is 3.92. The molecule has 3 rings (SSSR count). The summed E-state index contributed by atoms with van der Waals surface area (Å²) in [5, 5.41) is 5.26. The number of hydrogen-bond acceptors (Lipinski definition) is 6. The van der Waals surface area contributed by atoms with Gasteiger partial charge in [0.15, 0.2) is 0 Å². The van der Waals surface area contributed by atoms with Crippen LogP contribution in [0.2, 0.25) is 0 Å². The normalized spacial score (nSPS) is 19.6. The molecule has 0 radical (unpaired) electrons. The van der Waals surface area contributed by atoms with Gasteiger partial charge in [0, 0.05) is 33.6 Å². The highest BCUT2D eigenvalue weighted by Gasteiger charge is 2.28. The average Bonchev–Trinajstić information content (AvgIpc) is 2.83. The number of hydrogen-bond donors (Lipinski definition) is 0. The molecular weight excluding hydrogens is 306 g/mol. The van der Waals surface area contributed by atoms with Crippen LogP contribution in [0.15, 0.2) is 28.3 Å². The molecule has 4 nitrogen and oxygen atoms in total. The van der Waals surface area contributed by atoms with E-state index in [1.165, 1.54) is 21.9 Å². The molecule has 1 aromatic carbocycles. The van der Waals surface area contributed by atoms with Crippen LogP contribution < -0.4 is 4.74 Å². The number of carbonyl (C=O) groups is 1. The van der Waals surface area contributed by atoms with Crippen LogP contribution >= 0.6 is 23.1 Å². The summed E-state index contributed by atoms with van der Waals surface area (Å²) in [4.78, 5) is 18.2. The Morgan fingerprint density at radius 2 is 2.24 bits per heavy atom. The lowest BCUT2D eigenvalue weighted by Gasteiger charge is -2.19. The number of benzene rings is 1. The third kappa shape index (κ3) is 2.65. The molecular formula is C15H15NO3S2. The van der Waals surface area contributed by atoms with E-state index in [1.807, 2.05) is 17.8 Å². The minimum absolute atomic E-state index is 0.261. The van der Waals surface area contributed by atoms with Crippen molar-refractivity contribution in [2.45, 2.75) is 18.7 Å². The highest BCUT2D eigenvalue weighted by atomic mass is 32.2. The molecule has 0 spiro atoms. The highest BCUT2D eigenvalue weighted by molar-refractivity contribution is 8.00. The molecule has 1 aromatic heterocycles. The van der Waals surface area contributed by atoms with Crippen molar-refractivity contribution in [2.75, 3.05) is 12.9 Å². The van der Waals surface area contributed by atoms with E-state index in [0.717, 1.165) is 22.1 Å². The van der Waals surface area contributed by atoms with E-state index in [2.05, 4.69) is 24.2 Å². The van der Waals surface area contributed by atoms with Crippen LogP contribution in [0.3, 0.4) is 0 Å². The van der Waals surface area contributed by atoms with E-state index >= 15 is 0 Å². The fourth-order valence-corrected chi connectivity index (χ4v) is 4.92. The van der Waals surface area contributed by atoms with Gasteiger partial charge in [-0.1, -0.05) is 12.1 Å². The van der Waals surface area contributed by atoms with Gasteiger partial charge in [-0.2, -0.15) is 0 Å². The Hall–Kier alpha value is -1.53. The molecule has 0 bridgehead atoms. The number of oxime groups is 1. The summed E-state index contributed by atoms with van der Waals surface area (Å²) in [6.07, 6.45) is 0. The van der Waals surface area contributed by atoms with E-state index in [4.69, 9.17) is 9.57 Å². The van der Waals surface area contributed by atoms with Crippen molar-refractivity contribution >= 4 is 44.9 Å². The Bertz CT molecular complexity index is 736. The lowest BCUT2D eigenvalue weighted by molar-refractivity contribution is -0.140. The SMILES string of the molecule is COc1ccc2sc3c(c2c1)SCC(C)/C3=N\OC(C)=O. The first-order valence-corrected chi connectivity index (χ1v) is 8.39. The van der Waals surface area contributed by atoms with Crippen molar-refractivity contribution in [3.63, 3.8) is 0 Å². The first-order valence-electron chi connectivity index (χ1n) is 6.59. The summed E-state index contributed by atoms with van der Waals surface area (Å²) in [6.45, 7) is 3.46. The largest absolute Gasteiger partial charge is 0.497 e. The number of nitrogens with zero attached hydrogens (tertiary/aromatic N) is 1. The molecule has 1 aliphatic heterocycles. The maximum absolute atomic E-state index is 11.0. The number of thioether (sulfide) groups is 1. The number of thiophene rings is 1. The molecule has 2 heterocycles. The first-order chi connectivity index (χ1) is 10.1. The summed E-state index contributed by atoms with van der Waals surface area (Å²) < 4.78 is 6.50. The second kappa shape index (κ2) is 5.69. The van der Waals surface area contributed by atoms with Gasteiger partial charge in [0.05, 0.1) is 12.0 Å². The lowest BCUT2D eigenvalue weighted by Crippen LogP contribution is -2.19. The monoisotopic (exact) mass is 321 g/mol. The fourth-order valence-electron chi connectivity index (χ4n) is 2.25. The summed E-state index contributed by atoms with van der Waals surface area (Å²) >= 11 is 3.51. The molecule has 0 fully saturated rings. The third-order valence-electron chi connectivity index (χ3n) is 3.30. The van der Waals surface area contributed by atoms with Crippen LogP contribution in [0.1, 0.15) is 18.7 Å². The van der Waals surface area contributed by atoms with Gasteiger partial charge in [0.2, 0.25) is 0 Å². The molecule has 0 amide bonds. The molecule has 1 unspecified atom stereocenters. The Morgan fingerprint density at radius 1 is 1.43 bits per heavy atom. The van der Waals surface area contributed by atoms with E-state index < -0.39 is 5.97 Å². The van der Waals surface area contributed by atoms with Gasteiger partial charge in [-0.25, -0.2) is 4.79 Å². The van der Waals surface area contributed by atoms with Crippen LogP contribution in [0.5, 0.6) is 5.75 Å². The molecule has 6 heteroatoms. The first kappa shape index (κ1) is 14.4. The van der Waals surface area contributed by atoms with E-state index in [-0.39, 0.29) is 5.92 Å². The van der Waals surface area contributed by atoms with Crippen molar-refractivity contribution in [1.29, 1.82) is 0 Å².